The van der Waals surface area contributed by atoms with Gasteiger partial charge in [0.2, 0.25) is 0 Å². The number of hydrogen-bond donors (Lipinski definition) is 2. The Morgan fingerprint density at radius 3 is 2.95 bits per heavy atom. The summed E-state index contributed by atoms with van der Waals surface area (Å²) in [6, 6.07) is 3.95. The van der Waals surface area contributed by atoms with Crippen molar-refractivity contribution >= 4 is 27.8 Å². The van der Waals surface area contributed by atoms with Crippen molar-refractivity contribution in [3.05, 3.63) is 28.2 Å². The summed E-state index contributed by atoms with van der Waals surface area (Å²) in [5, 5.41) is 12.8. The zero-order valence-electron chi connectivity index (χ0n) is 11.6. The molecule has 0 aromatic heterocycles. The lowest BCUT2D eigenvalue weighted by Crippen LogP contribution is -2.57. The standard InChI is InChI=1S/C14H17BrN2O4/c1-2-21-14(20)11-8-16-5-6-17(11)13(19)9-3-4-10(15)12(18)7-9/h3-4,7,11,16,18H,2,5-6,8H2,1H3. The summed E-state index contributed by atoms with van der Waals surface area (Å²) in [7, 11) is 0. The SMILES string of the molecule is CCOC(=O)C1CNCCN1C(=O)c1ccc(Br)c(O)c1. The van der Waals surface area contributed by atoms with Gasteiger partial charge >= 0.3 is 5.97 Å². The van der Waals surface area contributed by atoms with Crippen LogP contribution in [-0.4, -0.2) is 54.2 Å². The van der Waals surface area contributed by atoms with Gasteiger partial charge in [0.15, 0.2) is 0 Å². The lowest BCUT2D eigenvalue weighted by Gasteiger charge is -2.34. The third kappa shape index (κ3) is 3.54. The van der Waals surface area contributed by atoms with Crippen LogP contribution in [-0.2, 0) is 9.53 Å². The molecule has 1 atom stereocenters. The maximum Gasteiger partial charge on any atom is 0.330 e. The molecule has 6 nitrogen and oxygen atoms in total. The number of phenolic OH excluding ortho intramolecular Hbond substituents is 1. The van der Waals surface area contributed by atoms with Crippen molar-refractivity contribution in [2.45, 2.75) is 13.0 Å². The number of carbonyl (C=O) groups excluding carboxylic acids is 2. The predicted octanol–water partition coefficient (Wildman–Crippen LogP) is 1.13. The van der Waals surface area contributed by atoms with Gasteiger partial charge in [0, 0.05) is 25.2 Å². The highest BCUT2D eigenvalue weighted by atomic mass is 79.9. The fourth-order valence-corrected chi connectivity index (χ4v) is 2.45. The number of esters is 1. The fraction of sp³-hybridized carbons (Fsp3) is 0.429. The number of benzene rings is 1. The molecule has 2 N–H and O–H groups in total. The Morgan fingerprint density at radius 1 is 1.52 bits per heavy atom. The molecule has 1 aromatic rings. The second kappa shape index (κ2) is 6.91. The molecule has 21 heavy (non-hydrogen) atoms. The number of phenols is 1. The molecule has 0 aliphatic carbocycles. The van der Waals surface area contributed by atoms with Gasteiger partial charge in [0.05, 0.1) is 11.1 Å². The average molecular weight is 357 g/mol. The Morgan fingerprint density at radius 2 is 2.29 bits per heavy atom. The van der Waals surface area contributed by atoms with Crippen LogP contribution in [0.4, 0.5) is 0 Å². The summed E-state index contributed by atoms with van der Waals surface area (Å²) in [5.74, 6) is -0.722. The summed E-state index contributed by atoms with van der Waals surface area (Å²) in [5.41, 5.74) is 0.340. The van der Waals surface area contributed by atoms with Crippen molar-refractivity contribution in [2.75, 3.05) is 26.2 Å². The largest absolute Gasteiger partial charge is 0.507 e. The van der Waals surface area contributed by atoms with Crippen LogP contribution < -0.4 is 5.32 Å². The molecular formula is C14H17BrN2O4. The van der Waals surface area contributed by atoms with E-state index in [4.69, 9.17) is 4.74 Å². The lowest BCUT2D eigenvalue weighted by atomic mass is 10.1. The molecule has 1 fully saturated rings. The number of hydrogen-bond acceptors (Lipinski definition) is 5. The monoisotopic (exact) mass is 356 g/mol. The van der Waals surface area contributed by atoms with Crippen LogP contribution in [0.3, 0.4) is 0 Å². The molecule has 0 saturated carbocycles. The number of piperazine rings is 1. The Bertz CT molecular complexity index is 550. The molecule has 2 rings (SSSR count). The van der Waals surface area contributed by atoms with Crippen LogP contribution >= 0.6 is 15.9 Å². The Kier molecular flexibility index (Phi) is 5.19. The van der Waals surface area contributed by atoms with E-state index in [2.05, 4.69) is 21.2 Å². The zero-order chi connectivity index (χ0) is 15.4. The number of carbonyl (C=O) groups is 2. The van der Waals surface area contributed by atoms with Gasteiger partial charge in [-0.05, 0) is 41.1 Å². The number of nitrogens with zero attached hydrogens (tertiary/aromatic N) is 1. The molecule has 1 aliphatic rings. The van der Waals surface area contributed by atoms with Crippen molar-refractivity contribution in [1.29, 1.82) is 0 Å². The Hall–Kier alpha value is -1.60. The van der Waals surface area contributed by atoms with Crippen LogP contribution in [0.2, 0.25) is 0 Å². The van der Waals surface area contributed by atoms with Gasteiger partial charge in [-0.25, -0.2) is 4.79 Å². The first kappa shape index (κ1) is 15.8. The van der Waals surface area contributed by atoms with E-state index < -0.39 is 12.0 Å². The molecule has 0 bridgehead atoms. The van der Waals surface area contributed by atoms with Gasteiger partial charge < -0.3 is 20.1 Å². The number of aromatic hydroxyl groups is 1. The molecule has 114 valence electrons. The first-order chi connectivity index (χ1) is 10.0. The van der Waals surface area contributed by atoms with Gasteiger partial charge in [-0.1, -0.05) is 0 Å². The second-order valence-electron chi connectivity index (χ2n) is 4.64. The molecule has 1 saturated heterocycles. The highest BCUT2D eigenvalue weighted by Crippen LogP contribution is 2.25. The molecule has 1 heterocycles. The lowest BCUT2D eigenvalue weighted by molar-refractivity contribution is -0.149. The van der Waals surface area contributed by atoms with Gasteiger partial charge in [0.1, 0.15) is 11.8 Å². The van der Waals surface area contributed by atoms with Crippen LogP contribution in [0.15, 0.2) is 22.7 Å². The minimum absolute atomic E-state index is 0.0105. The first-order valence-electron chi connectivity index (χ1n) is 6.71. The van der Waals surface area contributed by atoms with Crippen LogP contribution in [0, 0.1) is 0 Å². The van der Waals surface area contributed by atoms with Crippen molar-refractivity contribution in [3.8, 4) is 5.75 Å². The van der Waals surface area contributed by atoms with Gasteiger partial charge in [-0.3, -0.25) is 4.79 Å². The minimum Gasteiger partial charge on any atom is -0.507 e. The second-order valence-corrected chi connectivity index (χ2v) is 5.49. The van der Waals surface area contributed by atoms with E-state index in [0.29, 0.717) is 29.7 Å². The van der Waals surface area contributed by atoms with E-state index >= 15 is 0 Å². The van der Waals surface area contributed by atoms with Gasteiger partial charge in [-0.2, -0.15) is 0 Å². The summed E-state index contributed by atoms with van der Waals surface area (Å²) < 4.78 is 5.53. The van der Waals surface area contributed by atoms with Crippen molar-refractivity contribution < 1.29 is 19.4 Å². The molecule has 0 radical (unpaired) electrons. The van der Waals surface area contributed by atoms with Crippen LogP contribution in [0.5, 0.6) is 5.75 Å². The third-order valence-corrected chi connectivity index (χ3v) is 3.93. The van der Waals surface area contributed by atoms with E-state index in [1.165, 1.54) is 11.0 Å². The number of amides is 1. The predicted molar refractivity (Wildman–Crippen MR) is 80.1 cm³/mol. The van der Waals surface area contributed by atoms with Crippen molar-refractivity contribution in [1.82, 2.24) is 10.2 Å². The quantitative estimate of drug-likeness (QED) is 0.793. The third-order valence-electron chi connectivity index (χ3n) is 3.26. The molecule has 0 spiro atoms. The maximum atomic E-state index is 12.5. The number of halogens is 1. The summed E-state index contributed by atoms with van der Waals surface area (Å²) in [4.78, 5) is 26.0. The number of rotatable bonds is 3. The highest BCUT2D eigenvalue weighted by Gasteiger charge is 2.33. The summed E-state index contributed by atoms with van der Waals surface area (Å²) >= 11 is 3.17. The average Bonchev–Trinajstić information content (AvgIpc) is 2.49. The molecule has 1 aromatic carbocycles. The van der Waals surface area contributed by atoms with E-state index in [9.17, 15) is 14.7 Å². The number of nitrogens with one attached hydrogen (secondary N) is 1. The Labute approximate surface area is 131 Å². The van der Waals surface area contributed by atoms with E-state index in [1.54, 1.807) is 19.1 Å². The van der Waals surface area contributed by atoms with Crippen molar-refractivity contribution in [3.63, 3.8) is 0 Å². The van der Waals surface area contributed by atoms with Gasteiger partial charge in [-0.15, -0.1) is 0 Å². The number of ether oxygens (including phenoxy) is 1. The fourth-order valence-electron chi connectivity index (χ4n) is 2.21. The maximum absolute atomic E-state index is 12.5. The molecule has 7 heteroatoms. The smallest absolute Gasteiger partial charge is 0.330 e. The van der Waals surface area contributed by atoms with E-state index in [1.807, 2.05) is 0 Å². The Balaban J connectivity index is 2.21. The summed E-state index contributed by atoms with van der Waals surface area (Å²) in [6.07, 6.45) is 0. The topological polar surface area (TPSA) is 78.9 Å². The zero-order valence-corrected chi connectivity index (χ0v) is 13.2. The van der Waals surface area contributed by atoms with E-state index in [0.717, 1.165) is 0 Å². The molecule has 1 amide bonds. The highest BCUT2D eigenvalue weighted by molar-refractivity contribution is 9.10. The summed E-state index contributed by atoms with van der Waals surface area (Å²) in [6.45, 7) is 3.40. The molecule has 1 aliphatic heterocycles. The molecular weight excluding hydrogens is 340 g/mol. The first-order valence-corrected chi connectivity index (χ1v) is 7.50. The van der Waals surface area contributed by atoms with Gasteiger partial charge in [0.25, 0.3) is 5.91 Å². The molecule has 1 unspecified atom stereocenters. The normalized spacial score (nSPS) is 18.4. The minimum atomic E-state index is -0.642. The van der Waals surface area contributed by atoms with Crippen LogP contribution in [0.1, 0.15) is 17.3 Å². The van der Waals surface area contributed by atoms with E-state index in [-0.39, 0.29) is 18.3 Å². The van der Waals surface area contributed by atoms with Crippen molar-refractivity contribution in [2.24, 2.45) is 0 Å². The van der Waals surface area contributed by atoms with Crippen LogP contribution in [0.25, 0.3) is 0 Å².